The molecule has 5 rings (SSSR count). The predicted octanol–water partition coefficient (Wildman–Crippen LogP) is 6.27. The maximum atomic E-state index is 4.98. The number of thiophene rings is 1. The van der Waals surface area contributed by atoms with Crippen LogP contribution >= 0.6 is 11.3 Å². The molecule has 0 unspecified atom stereocenters. The van der Waals surface area contributed by atoms with Crippen molar-refractivity contribution in [3.63, 3.8) is 0 Å². The van der Waals surface area contributed by atoms with E-state index in [1.807, 2.05) is 11.3 Å². The smallest absolute Gasteiger partial charge is 0.0888 e. The fourth-order valence-corrected chi connectivity index (χ4v) is 4.26. The highest BCUT2D eigenvalue weighted by Gasteiger charge is 2.12. The van der Waals surface area contributed by atoms with E-state index in [0.29, 0.717) is 0 Å². The quantitative estimate of drug-likeness (QED) is 0.332. The number of benzene rings is 3. The molecule has 0 bridgehead atoms. The number of nitrogens with zero attached hydrogens (tertiary/aromatic N) is 1. The molecule has 0 aliphatic heterocycles. The monoisotopic (exact) mass is 311 g/mol. The van der Waals surface area contributed by atoms with Crippen LogP contribution in [0.2, 0.25) is 0 Å². The van der Waals surface area contributed by atoms with E-state index >= 15 is 0 Å². The molecule has 3 aromatic carbocycles. The highest BCUT2D eigenvalue weighted by Crippen LogP contribution is 2.38. The van der Waals surface area contributed by atoms with Crippen molar-refractivity contribution >= 4 is 43.1 Å². The van der Waals surface area contributed by atoms with Crippen molar-refractivity contribution < 1.29 is 0 Å². The molecule has 0 amide bonds. The summed E-state index contributed by atoms with van der Waals surface area (Å²) in [6.07, 6.45) is 0. The lowest BCUT2D eigenvalue weighted by molar-refractivity contribution is 1.45. The number of hydrogen-bond donors (Lipinski definition) is 0. The van der Waals surface area contributed by atoms with E-state index < -0.39 is 0 Å². The maximum Gasteiger partial charge on any atom is 0.0888 e. The van der Waals surface area contributed by atoms with Crippen LogP contribution in [0.3, 0.4) is 0 Å². The van der Waals surface area contributed by atoms with Crippen molar-refractivity contribution in [1.82, 2.24) is 4.98 Å². The zero-order chi connectivity index (χ0) is 15.2. The van der Waals surface area contributed by atoms with Gasteiger partial charge in [-0.1, -0.05) is 60.7 Å². The average molecular weight is 311 g/mol. The molecule has 0 aliphatic rings. The lowest BCUT2D eigenvalue weighted by Crippen LogP contribution is -1.87. The third-order valence-electron chi connectivity index (χ3n) is 4.27. The van der Waals surface area contributed by atoms with Crippen molar-refractivity contribution in [3.8, 4) is 10.6 Å². The zero-order valence-electron chi connectivity index (χ0n) is 12.4. The Balaban J connectivity index is 1.92. The minimum Gasteiger partial charge on any atom is -0.246 e. The van der Waals surface area contributed by atoms with Crippen LogP contribution in [0, 0.1) is 0 Å². The van der Waals surface area contributed by atoms with Gasteiger partial charge >= 0.3 is 0 Å². The Bertz CT molecular complexity index is 1140. The second-order valence-corrected chi connectivity index (χ2v) is 6.76. The molecule has 0 saturated carbocycles. The minimum atomic E-state index is 1.05. The molecule has 2 aromatic heterocycles. The van der Waals surface area contributed by atoms with Crippen LogP contribution in [0.15, 0.2) is 78.9 Å². The Morgan fingerprint density at radius 2 is 1.35 bits per heavy atom. The maximum absolute atomic E-state index is 4.98. The first-order chi connectivity index (χ1) is 11.4. The number of hydrogen-bond acceptors (Lipinski definition) is 2. The van der Waals surface area contributed by atoms with E-state index in [-0.39, 0.29) is 0 Å². The van der Waals surface area contributed by atoms with Crippen molar-refractivity contribution in [2.45, 2.75) is 0 Å². The predicted molar refractivity (Wildman–Crippen MR) is 100 cm³/mol. The van der Waals surface area contributed by atoms with Crippen LogP contribution < -0.4 is 0 Å². The Morgan fingerprint density at radius 1 is 0.652 bits per heavy atom. The molecule has 0 N–H and O–H groups in total. The summed E-state index contributed by atoms with van der Waals surface area (Å²) in [5.74, 6) is 0. The third kappa shape index (κ3) is 1.96. The molecular weight excluding hydrogens is 298 g/mol. The van der Waals surface area contributed by atoms with Crippen LogP contribution in [-0.4, -0.2) is 4.98 Å². The second kappa shape index (κ2) is 4.90. The van der Waals surface area contributed by atoms with Crippen LogP contribution in [0.4, 0.5) is 0 Å². The summed E-state index contributed by atoms with van der Waals surface area (Å²) < 4.78 is 1.31. The largest absolute Gasteiger partial charge is 0.246 e. The summed E-state index contributed by atoms with van der Waals surface area (Å²) in [6.45, 7) is 0. The summed E-state index contributed by atoms with van der Waals surface area (Å²) in [6, 6.07) is 27.7. The molecule has 0 atom stereocenters. The molecule has 0 saturated heterocycles. The summed E-state index contributed by atoms with van der Waals surface area (Å²) >= 11 is 1.81. The Labute approximate surface area is 137 Å². The molecule has 0 fully saturated rings. The highest BCUT2D eigenvalue weighted by molar-refractivity contribution is 7.22. The standard InChI is InChI=1S/C21H13NS/c1-6-12-19-14(7-1)13-20(23-19)21-17-10-3-2-8-15(17)16-9-4-5-11-18(16)22-21/h1-13H. The summed E-state index contributed by atoms with van der Waals surface area (Å²) in [5, 5.41) is 4.99. The van der Waals surface area contributed by atoms with E-state index in [1.165, 1.54) is 31.1 Å². The van der Waals surface area contributed by atoms with E-state index in [1.54, 1.807) is 0 Å². The number of para-hydroxylation sites is 1. The molecular formula is C21H13NS. The van der Waals surface area contributed by atoms with Crippen molar-refractivity contribution in [1.29, 1.82) is 0 Å². The normalized spacial score (nSPS) is 11.5. The summed E-state index contributed by atoms with van der Waals surface area (Å²) in [4.78, 5) is 6.21. The van der Waals surface area contributed by atoms with E-state index in [4.69, 9.17) is 4.98 Å². The SMILES string of the molecule is c1ccc2sc(-c3nc4ccccc4c4ccccc34)cc2c1. The first-order valence-corrected chi connectivity index (χ1v) is 8.48. The van der Waals surface area contributed by atoms with E-state index in [2.05, 4.69) is 78.9 Å². The third-order valence-corrected chi connectivity index (χ3v) is 5.39. The van der Waals surface area contributed by atoms with Gasteiger partial charge in [-0.25, -0.2) is 4.98 Å². The zero-order valence-corrected chi connectivity index (χ0v) is 13.2. The van der Waals surface area contributed by atoms with Gasteiger partial charge in [-0.05, 0) is 29.0 Å². The second-order valence-electron chi connectivity index (χ2n) is 5.67. The summed E-state index contributed by atoms with van der Waals surface area (Å²) in [7, 11) is 0. The van der Waals surface area contributed by atoms with Gasteiger partial charge in [0.2, 0.25) is 0 Å². The van der Waals surface area contributed by atoms with Gasteiger partial charge in [0.15, 0.2) is 0 Å². The van der Waals surface area contributed by atoms with Crippen LogP contribution in [0.5, 0.6) is 0 Å². The minimum absolute atomic E-state index is 1.05. The number of fused-ring (bicyclic) bond motifs is 4. The van der Waals surface area contributed by atoms with E-state index in [0.717, 1.165) is 11.2 Å². The average Bonchev–Trinajstić information content (AvgIpc) is 3.05. The fourth-order valence-electron chi connectivity index (χ4n) is 3.19. The molecule has 0 aliphatic carbocycles. The molecule has 1 nitrogen and oxygen atoms in total. The van der Waals surface area contributed by atoms with E-state index in [9.17, 15) is 0 Å². The van der Waals surface area contributed by atoms with Gasteiger partial charge in [0.25, 0.3) is 0 Å². The lowest BCUT2D eigenvalue weighted by Gasteiger charge is -2.08. The van der Waals surface area contributed by atoms with Crippen LogP contribution in [0.1, 0.15) is 0 Å². The topological polar surface area (TPSA) is 12.9 Å². The highest BCUT2D eigenvalue weighted by atomic mass is 32.1. The van der Waals surface area contributed by atoms with Crippen molar-refractivity contribution in [3.05, 3.63) is 78.9 Å². The lowest BCUT2D eigenvalue weighted by atomic mass is 10.0. The summed E-state index contributed by atoms with van der Waals surface area (Å²) in [5.41, 5.74) is 2.14. The molecule has 0 radical (unpaired) electrons. The van der Waals surface area contributed by atoms with Gasteiger partial charge in [0.05, 0.1) is 16.1 Å². The Hall–Kier alpha value is -2.71. The van der Waals surface area contributed by atoms with Gasteiger partial charge < -0.3 is 0 Å². The molecule has 108 valence electrons. The molecule has 2 heteroatoms. The van der Waals surface area contributed by atoms with Crippen LogP contribution in [-0.2, 0) is 0 Å². The molecule has 23 heavy (non-hydrogen) atoms. The Morgan fingerprint density at radius 3 is 2.22 bits per heavy atom. The van der Waals surface area contributed by atoms with Gasteiger partial charge in [-0.3, -0.25) is 0 Å². The molecule has 5 aromatic rings. The van der Waals surface area contributed by atoms with Gasteiger partial charge in [-0.2, -0.15) is 0 Å². The fraction of sp³-hybridized carbons (Fsp3) is 0. The molecule has 2 heterocycles. The van der Waals surface area contributed by atoms with Crippen LogP contribution in [0.25, 0.3) is 42.3 Å². The number of aromatic nitrogens is 1. The van der Waals surface area contributed by atoms with Gasteiger partial charge in [0, 0.05) is 15.5 Å². The van der Waals surface area contributed by atoms with Gasteiger partial charge in [0.1, 0.15) is 0 Å². The van der Waals surface area contributed by atoms with Gasteiger partial charge in [-0.15, -0.1) is 11.3 Å². The number of pyridine rings is 1. The number of rotatable bonds is 1. The first kappa shape index (κ1) is 12.8. The van der Waals surface area contributed by atoms with Crippen molar-refractivity contribution in [2.24, 2.45) is 0 Å². The Kier molecular flexibility index (Phi) is 2.73. The first-order valence-electron chi connectivity index (χ1n) is 7.66. The van der Waals surface area contributed by atoms with Crippen molar-refractivity contribution in [2.75, 3.05) is 0 Å². The molecule has 0 spiro atoms.